The molecule has 1 fully saturated rings. The summed E-state index contributed by atoms with van der Waals surface area (Å²) in [7, 11) is 1.62. The smallest absolute Gasteiger partial charge is 0.325 e. The first-order valence-electron chi connectivity index (χ1n) is 9.02. The van der Waals surface area contributed by atoms with E-state index in [0.717, 1.165) is 54.9 Å². The average Bonchev–Trinajstić information content (AvgIpc) is 3.33. The highest BCUT2D eigenvalue weighted by atomic mass is 32.1. The van der Waals surface area contributed by atoms with Gasteiger partial charge in [-0.1, -0.05) is 6.07 Å². The third-order valence-corrected chi connectivity index (χ3v) is 6.04. The molecule has 6 nitrogen and oxygen atoms in total. The van der Waals surface area contributed by atoms with E-state index in [2.05, 4.69) is 32.3 Å². The molecule has 0 unspecified atom stereocenters. The van der Waals surface area contributed by atoms with Gasteiger partial charge in [-0.25, -0.2) is 0 Å². The van der Waals surface area contributed by atoms with Crippen molar-refractivity contribution in [3.05, 3.63) is 52.3 Å². The molecule has 3 aromatic rings. The normalized spacial score (nSPS) is 17.2. The lowest BCUT2D eigenvalue weighted by atomic mass is 10.0. The Bertz CT molecular complexity index is 914. The summed E-state index contributed by atoms with van der Waals surface area (Å²) in [6, 6.07) is 9.27. The summed E-state index contributed by atoms with van der Waals surface area (Å²) in [4.78, 5) is 21.1. The Morgan fingerprint density at radius 2 is 2.11 bits per heavy atom. The van der Waals surface area contributed by atoms with Crippen molar-refractivity contribution in [2.45, 2.75) is 12.6 Å². The van der Waals surface area contributed by atoms with Gasteiger partial charge in [-0.2, -0.15) is 0 Å². The van der Waals surface area contributed by atoms with Gasteiger partial charge < -0.3 is 14.8 Å². The molecule has 1 saturated heterocycles. The lowest BCUT2D eigenvalue weighted by Gasteiger charge is -2.37. The average molecular weight is 385 g/mol. The van der Waals surface area contributed by atoms with Gasteiger partial charge in [0.05, 0.1) is 7.11 Å². The van der Waals surface area contributed by atoms with Gasteiger partial charge in [-0.15, -0.1) is 11.3 Å². The Morgan fingerprint density at radius 3 is 2.78 bits per heavy atom. The van der Waals surface area contributed by atoms with E-state index in [4.69, 9.17) is 4.74 Å². The predicted octanol–water partition coefficient (Wildman–Crippen LogP) is 3.18. The number of fused-ring (bicyclic) bond motifs is 1. The molecule has 1 aliphatic rings. The van der Waals surface area contributed by atoms with Crippen LogP contribution in [0.15, 0.2) is 41.9 Å². The fraction of sp³-hybridized carbons (Fsp3) is 0.350. The van der Waals surface area contributed by atoms with Crippen LogP contribution >= 0.6 is 11.3 Å². The van der Waals surface area contributed by atoms with Crippen LogP contribution < -0.4 is 4.74 Å². The van der Waals surface area contributed by atoms with E-state index in [-0.39, 0.29) is 0 Å². The molecule has 0 bridgehead atoms. The third kappa shape index (κ3) is 3.71. The first-order chi connectivity index (χ1) is 13.2. The maximum absolute atomic E-state index is 12.1. The molecule has 0 radical (unpaired) electrons. The second kappa shape index (κ2) is 7.72. The summed E-state index contributed by atoms with van der Waals surface area (Å²) < 4.78 is 5.32. The number of hydrogen-bond donors (Lipinski definition) is 2. The number of benzene rings is 1. The molecule has 142 valence electrons. The number of aromatic amines is 1. The number of carboxylic acids is 1. The standard InChI is InChI=1S/C20H23N3O3S/c1-26-14-4-5-18-16(11-14)17(12-21-18)19(20(24)25)23-8-6-22(7-9-23)13-15-3-2-10-27-15/h2-5,10-12,19,21H,6-9,13H2,1H3,(H,24,25)/t19-/m1/s1. The van der Waals surface area contributed by atoms with Gasteiger partial charge in [0, 0.05) is 60.3 Å². The molecule has 1 aliphatic heterocycles. The Hall–Kier alpha value is -2.35. The number of hydrogen-bond acceptors (Lipinski definition) is 5. The van der Waals surface area contributed by atoms with Crippen molar-refractivity contribution in [2.24, 2.45) is 0 Å². The van der Waals surface area contributed by atoms with Gasteiger partial charge in [0.2, 0.25) is 0 Å². The molecule has 1 atom stereocenters. The topological polar surface area (TPSA) is 68.8 Å². The summed E-state index contributed by atoms with van der Waals surface area (Å²) in [5, 5.41) is 13.0. The second-order valence-corrected chi connectivity index (χ2v) is 7.82. The van der Waals surface area contributed by atoms with E-state index >= 15 is 0 Å². The molecular weight excluding hydrogens is 362 g/mol. The number of carbonyl (C=O) groups is 1. The molecule has 0 aliphatic carbocycles. The third-order valence-electron chi connectivity index (χ3n) is 5.18. The quantitative estimate of drug-likeness (QED) is 0.682. The maximum atomic E-state index is 12.1. The summed E-state index contributed by atoms with van der Waals surface area (Å²) in [6.07, 6.45) is 1.82. The van der Waals surface area contributed by atoms with Crippen LogP contribution in [0.2, 0.25) is 0 Å². The Morgan fingerprint density at radius 1 is 1.30 bits per heavy atom. The highest BCUT2D eigenvalue weighted by molar-refractivity contribution is 7.09. The fourth-order valence-electron chi connectivity index (χ4n) is 3.76. The van der Waals surface area contributed by atoms with Crippen LogP contribution in [0.5, 0.6) is 5.75 Å². The van der Waals surface area contributed by atoms with E-state index in [9.17, 15) is 9.90 Å². The molecule has 4 rings (SSSR count). The monoisotopic (exact) mass is 385 g/mol. The number of nitrogens with zero attached hydrogens (tertiary/aromatic N) is 2. The molecule has 0 saturated carbocycles. The first kappa shape index (κ1) is 18.0. The van der Waals surface area contributed by atoms with Gasteiger partial charge in [0.1, 0.15) is 11.8 Å². The number of piperazine rings is 1. The largest absolute Gasteiger partial charge is 0.497 e. The molecule has 27 heavy (non-hydrogen) atoms. The number of H-pyrrole nitrogens is 1. The minimum Gasteiger partial charge on any atom is -0.497 e. The van der Waals surface area contributed by atoms with E-state index in [1.807, 2.05) is 24.4 Å². The van der Waals surface area contributed by atoms with Crippen molar-refractivity contribution in [3.8, 4) is 5.75 Å². The SMILES string of the molecule is COc1ccc2[nH]cc([C@H](C(=O)O)N3CCN(Cc4cccs4)CC3)c2c1. The maximum Gasteiger partial charge on any atom is 0.325 e. The summed E-state index contributed by atoms with van der Waals surface area (Å²) in [5.74, 6) is -0.0846. The molecule has 3 heterocycles. The highest BCUT2D eigenvalue weighted by Gasteiger charge is 2.32. The van der Waals surface area contributed by atoms with E-state index in [1.165, 1.54) is 4.88 Å². The van der Waals surface area contributed by atoms with Crippen LogP contribution in [-0.4, -0.2) is 59.1 Å². The van der Waals surface area contributed by atoms with Crippen LogP contribution in [0.25, 0.3) is 10.9 Å². The van der Waals surface area contributed by atoms with Crippen LogP contribution in [0.3, 0.4) is 0 Å². The zero-order valence-electron chi connectivity index (χ0n) is 15.2. The minimum atomic E-state index is -0.814. The lowest BCUT2D eigenvalue weighted by molar-refractivity contribution is -0.144. The van der Waals surface area contributed by atoms with Crippen molar-refractivity contribution in [1.29, 1.82) is 0 Å². The number of carboxylic acid groups (broad SMARTS) is 1. The molecule has 1 aromatic carbocycles. The summed E-state index contributed by atoms with van der Waals surface area (Å²) in [5.41, 5.74) is 1.72. The number of aliphatic carboxylic acids is 1. The molecule has 2 N–H and O–H groups in total. The van der Waals surface area contributed by atoms with Crippen LogP contribution in [0.1, 0.15) is 16.5 Å². The molecule has 7 heteroatoms. The number of aromatic nitrogens is 1. The van der Waals surface area contributed by atoms with Crippen molar-refractivity contribution < 1.29 is 14.6 Å². The number of methoxy groups -OCH3 is 1. The van der Waals surface area contributed by atoms with E-state index in [1.54, 1.807) is 18.4 Å². The number of thiophene rings is 1. The minimum absolute atomic E-state index is 0.658. The molecular formula is C20H23N3O3S. The zero-order valence-corrected chi connectivity index (χ0v) is 16.0. The number of ether oxygens (including phenoxy) is 1. The van der Waals surface area contributed by atoms with Crippen molar-refractivity contribution >= 4 is 28.2 Å². The molecule has 2 aromatic heterocycles. The van der Waals surface area contributed by atoms with E-state index in [0.29, 0.717) is 0 Å². The fourth-order valence-corrected chi connectivity index (χ4v) is 4.51. The van der Waals surface area contributed by atoms with Gasteiger partial charge in [0.25, 0.3) is 0 Å². The first-order valence-corrected chi connectivity index (χ1v) is 9.90. The Labute approximate surface area is 162 Å². The lowest BCUT2D eigenvalue weighted by Crippen LogP contribution is -2.48. The van der Waals surface area contributed by atoms with Crippen molar-refractivity contribution in [1.82, 2.24) is 14.8 Å². The second-order valence-electron chi connectivity index (χ2n) is 6.79. The summed E-state index contributed by atoms with van der Waals surface area (Å²) in [6.45, 7) is 4.15. The number of nitrogens with one attached hydrogen (secondary N) is 1. The predicted molar refractivity (Wildman–Crippen MR) is 106 cm³/mol. The van der Waals surface area contributed by atoms with Gasteiger partial charge in [-0.05, 0) is 29.6 Å². The van der Waals surface area contributed by atoms with Crippen molar-refractivity contribution in [3.63, 3.8) is 0 Å². The van der Waals surface area contributed by atoms with Crippen molar-refractivity contribution in [2.75, 3.05) is 33.3 Å². The highest BCUT2D eigenvalue weighted by Crippen LogP contribution is 2.32. The van der Waals surface area contributed by atoms with Crippen LogP contribution in [-0.2, 0) is 11.3 Å². The van der Waals surface area contributed by atoms with Gasteiger partial charge >= 0.3 is 5.97 Å². The van der Waals surface area contributed by atoms with E-state index < -0.39 is 12.0 Å². The zero-order chi connectivity index (χ0) is 18.8. The molecule has 0 amide bonds. The Kier molecular flexibility index (Phi) is 5.15. The Balaban J connectivity index is 1.53. The van der Waals surface area contributed by atoms with Crippen LogP contribution in [0, 0.1) is 0 Å². The summed E-state index contributed by atoms with van der Waals surface area (Å²) >= 11 is 1.77. The number of rotatable bonds is 6. The van der Waals surface area contributed by atoms with Gasteiger partial charge in [0.15, 0.2) is 0 Å². The van der Waals surface area contributed by atoms with Crippen LogP contribution in [0.4, 0.5) is 0 Å². The van der Waals surface area contributed by atoms with Gasteiger partial charge in [-0.3, -0.25) is 14.6 Å². The molecule has 0 spiro atoms.